The van der Waals surface area contributed by atoms with E-state index in [4.69, 9.17) is 5.73 Å². The molecule has 2 heterocycles. The maximum Gasteiger partial charge on any atom is 0.190 e. The lowest BCUT2D eigenvalue weighted by molar-refractivity contribution is 1.02. The van der Waals surface area contributed by atoms with Gasteiger partial charge in [-0.3, -0.25) is 0 Å². The Labute approximate surface area is 131 Å². The summed E-state index contributed by atoms with van der Waals surface area (Å²) in [6.07, 6.45) is 1.99. The van der Waals surface area contributed by atoms with E-state index < -0.39 is 0 Å². The molecule has 4 nitrogen and oxygen atoms in total. The van der Waals surface area contributed by atoms with Crippen LogP contribution in [-0.4, -0.2) is 16.2 Å². The highest BCUT2D eigenvalue weighted by Gasteiger charge is 2.14. The summed E-state index contributed by atoms with van der Waals surface area (Å²) < 4.78 is 0. The van der Waals surface area contributed by atoms with E-state index in [0.717, 1.165) is 32.6 Å². The van der Waals surface area contributed by atoms with Crippen LogP contribution in [0, 0.1) is 13.8 Å². The van der Waals surface area contributed by atoms with Crippen molar-refractivity contribution in [2.75, 3.05) is 17.3 Å². The number of thiophene rings is 1. The molecule has 3 aromatic rings. The molecule has 0 aliphatic heterocycles. The van der Waals surface area contributed by atoms with Gasteiger partial charge in [-0.25, -0.2) is 9.97 Å². The quantitative estimate of drug-likeness (QED) is 0.427. The highest BCUT2D eigenvalue weighted by atomic mass is 32.2. The van der Waals surface area contributed by atoms with Gasteiger partial charge < -0.3 is 11.1 Å². The van der Waals surface area contributed by atoms with Crippen molar-refractivity contribution in [1.29, 1.82) is 0 Å². The number of nitrogens with zero attached hydrogens (tertiary/aromatic N) is 2. The van der Waals surface area contributed by atoms with Crippen LogP contribution in [0.15, 0.2) is 29.4 Å². The standard InChI is InChI=1S/C15H16N4S2/c1-8-9(2)21-14-12(8)13(18-15(19-14)20-3)17-11-6-4-10(16)5-7-11/h4-7H,16H2,1-3H3,(H,17,18,19). The first-order chi connectivity index (χ1) is 10.1. The zero-order valence-electron chi connectivity index (χ0n) is 12.1. The van der Waals surface area contributed by atoms with Gasteiger partial charge in [0, 0.05) is 16.3 Å². The number of rotatable bonds is 3. The summed E-state index contributed by atoms with van der Waals surface area (Å²) >= 11 is 3.26. The summed E-state index contributed by atoms with van der Waals surface area (Å²) in [7, 11) is 0. The molecule has 3 N–H and O–H groups in total. The Hall–Kier alpha value is -1.79. The minimum absolute atomic E-state index is 0.751. The topological polar surface area (TPSA) is 63.8 Å². The molecule has 0 saturated carbocycles. The SMILES string of the molecule is CSc1nc(Nc2ccc(N)cc2)c2c(C)c(C)sc2n1. The first-order valence-corrected chi connectivity index (χ1v) is 8.57. The van der Waals surface area contributed by atoms with Crippen LogP contribution in [0.25, 0.3) is 10.2 Å². The summed E-state index contributed by atoms with van der Waals surface area (Å²) in [5.74, 6) is 0.857. The van der Waals surface area contributed by atoms with E-state index in [9.17, 15) is 0 Å². The van der Waals surface area contributed by atoms with E-state index in [1.165, 1.54) is 10.4 Å². The first-order valence-electron chi connectivity index (χ1n) is 6.53. The molecular formula is C15H16N4S2. The molecule has 2 aromatic heterocycles. The van der Waals surface area contributed by atoms with Crippen molar-refractivity contribution in [1.82, 2.24) is 9.97 Å². The van der Waals surface area contributed by atoms with Crippen molar-refractivity contribution in [2.45, 2.75) is 19.0 Å². The van der Waals surface area contributed by atoms with Crippen molar-refractivity contribution in [2.24, 2.45) is 0 Å². The van der Waals surface area contributed by atoms with Crippen molar-refractivity contribution >= 4 is 50.5 Å². The van der Waals surface area contributed by atoms with Crippen LogP contribution >= 0.6 is 23.1 Å². The lowest BCUT2D eigenvalue weighted by Gasteiger charge is -2.09. The summed E-state index contributed by atoms with van der Waals surface area (Å²) in [6, 6.07) is 7.66. The van der Waals surface area contributed by atoms with Gasteiger partial charge in [0.2, 0.25) is 0 Å². The van der Waals surface area contributed by atoms with Crippen LogP contribution in [0.5, 0.6) is 0 Å². The Balaban J connectivity index is 2.13. The molecular weight excluding hydrogens is 300 g/mol. The number of aryl methyl sites for hydroxylation is 2. The fourth-order valence-electron chi connectivity index (χ4n) is 2.11. The van der Waals surface area contributed by atoms with Gasteiger partial charge in [-0.1, -0.05) is 11.8 Å². The van der Waals surface area contributed by atoms with Gasteiger partial charge in [-0.2, -0.15) is 0 Å². The van der Waals surface area contributed by atoms with Gasteiger partial charge in [-0.05, 0) is 49.9 Å². The van der Waals surface area contributed by atoms with E-state index in [0.29, 0.717) is 0 Å². The molecule has 108 valence electrons. The fraction of sp³-hybridized carbons (Fsp3) is 0.200. The highest BCUT2D eigenvalue weighted by molar-refractivity contribution is 7.98. The minimum Gasteiger partial charge on any atom is -0.399 e. The van der Waals surface area contributed by atoms with Crippen LogP contribution in [0.3, 0.4) is 0 Å². The molecule has 0 bridgehead atoms. The molecule has 0 atom stereocenters. The largest absolute Gasteiger partial charge is 0.399 e. The summed E-state index contributed by atoms with van der Waals surface area (Å²) in [4.78, 5) is 11.5. The zero-order chi connectivity index (χ0) is 15.0. The lowest BCUT2D eigenvalue weighted by Crippen LogP contribution is -1.98. The van der Waals surface area contributed by atoms with Crippen molar-refractivity contribution < 1.29 is 0 Å². The molecule has 1 aromatic carbocycles. The average Bonchev–Trinajstić information content (AvgIpc) is 2.76. The number of aromatic nitrogens is 2. The van der Waals surface area contributed by atoms with Crippen molar-refractivity contribution in [3.63, 3.8) is 0 Å². The monoisotopic (exact) mass is 316 g/mol. The van der Waals surface area contributed by atoms with E-state index in [-0.39, 0.29) is 0 Å². The summed E-state index contributed by atoms with van der Waals surface area (Å²) in [6.45, 7) is 4.23. The predicted octanol–water partition coefficient (Wildman–Crippen LogP) is 4.36. The Bertz CT molecular complexity index is 794. The molecule has 3 rings (SSSR count). The Morgan fingerprint density at radius 2 is 1.86 bits per heavy atom. The van der Waals surface area contributed by atoms with E-state index in [2.05, 4.69) is 29.1 Å². The minimum atomic E-state index is 0.751. The molecule has 21 heavy (non-hydrogen) atoms. The highest BCUT2D eigenvalue weighted by Crippen LogP contribution is 2.35. The molecule has 0 aliphatic rings. The van der Waals surface area contributed by atoms with Gasteiger partial charge in [-0.15, -0.1) is 11.3 Å². The molecule has 0 radical (unpaired) electrons. The molecule has 0 spiro atoms. The molecule has 0 fully saturated rings. The Morgan fingerprint density at radius 1 is 1.14 bits per heavy atom. The van der Waals surface area contributed by atoms with Gasteiger partial charge in [0.1, 0.15) is 10.6 Å². The molecule has 0 amide bonds. The van der Waals surface area contributed by atoms with Crippen LogP contribution in [-0.2, 0) is 0 Å². The zero-order valence-corrected chi connectivity index (χ0v) is 13.7. The molecule has 0 aliphatic carbocycles. The number of fused-ring (bicyclic) bond motifs is 1. The third kappa shape index (κ3) is 2.69. The van der Waals surface area contributed by atoms with Gasteiger partial charge in [0.25, 0.3) is 0 Å². The maximum absolute atomic E-state index is 5.73. The molecule has 0 unspecified atom stereocenters. The number of nitrogens with one attached hydrogen (secondary N) is 1. The second-order valence-corrected chi connectivity index (χ2v) is 6.75. The Kier molecular flexibility index (Phi) is 3.73. The average molecular weight is 316 g/mol. The Morgan fingerprint density at radius 3 is 2.52 bits per heavy atom. The third-order valence-electron chi connectivity index (χ3n) is 3.36. The number of hydrogen-bond acceptors (Lipinski definition) is 6. The molecule has 6 heteroatoms. The summed E-state index contributed by atoms with van der Waals surface area (Å²) in [5, 5.41) is 5.27. The van der Waals surface area contributed by atoms with Crippen LogP contribution in [0.4, 0.5) is 17.2 Å². The van der Waals surface area contributed by atoms with E-state index in [1.807, 2.05) is 30.5 Å². The number of anilines is 3. The number of benzene rings is 1. The second-order valence-electron chi connectivity index (χ2n) is 4.77. The fourth-order valence-corrected chi connectivity index (χ4v) is 3.57. The lowest BCUT2D eigenvalue weighted by atomic mass is 10.2. The maximum atomic E-state index is 5.73. The number of thioether (sulfide) groups is 1. The van der Waals surface area contributed by atoms with E-state index >= 15 is 0 Å². The molecule has 0 saturated heterocycles. The smallest absolute Gasteiger partial charge is 0.190 e. The third-order valence-corrected chi connectivity index (χ3v) is 5.01. The van der Waals surface area contributed by atoms with Crippen LogP contribution in [0.2, 0.25) is 0 Å². The number of nitrogen functional groups attached to an aromatic ring is 1. The predicted molar refractivity (Wildman–Crippen MR) is 92.8 cm³/mol. The van der Waals surface area contributed by atoms with Crippen LogP contribution in [0.1, 0.15) is 10.4 Å². The van der Waals surface area contributed by atoms with Gasteiger partial charge in [0.15, 0.2) is 5.16 Å². The first kappa shape index (κ1) is 14.2. The summed E-state index contributed by atoms with van der Waals surface area (Å²) in [5.41, 5.74) is 8.69. The van der Waals surface area contributed by atoms with E-state index in [1.54, 1.807) is 23.1 Å². The number of hydrogen-bond donors (Lipinski definition) is 2. The normalized spacial score (nSPS) is 11.0. The number of nitrogens with two attached hydrogens (primary N) is 1. The van der Waals surface area contributed by atoms with Gasteiger partial charge >= 0.3 is 0 Å². The van der Waals surface area contributed by atoms with Crippen LogP contribution < -0.4 is 11.1 Å². The van der Waals surface area contributed by atoms with Crippen molar-refractivity contribution in [3.05, 3.63) is 34.7 Å². The second kappa shape index (κ2) is 5.54. The van der Waals surface area contributed by atoms with Crippen molar-refractivity contribution in [3.8, 4) is 0 Å². The van der Waals surface area contributed by atoms with Gasteiger partial charge in [0.05, 0.1) is 5.39 Å².